The number of halogens is 2. The van der Waals surface area contributed by atoms with Crippen molar-refractivity contribution in [1.82, 2.24) is 65.1 Å². The van der Waals surface area contributed by atoms with Crippen LogP contribution in [0, 0.1) is 11.6 Å². The first-order valence-corrected chi connectivity index (χ1v) is 42.5. The quantitative estimate of drug-likeness (QED) is 0.0349. The van der Waals surface area contributed by atoms with Crippen LogP contribution in [0.15, 0.2) is 278 Å². The van der Waals surface area contributed by atoms with Gasteiger partial charge in [0.15, 0.2) is 0 Å². The van der Waals surface area contributed by atoms with Crippen LogP contribution < -0.4 is 38.5 Å². The molecule has 604 valence electrons. The second kappa shape index (κ2) is 34.6. The third kappa shape index (κ3) is 17.3. The number of nitrogens with zero attached hydrogens (tertiary/aromatic N) is 12. The Kier molecular flexibility index (Phi) is 22.7. The van der Waals surface area contributed by atoms with Crippen molar-refractivity contribution in [3.8, 4) is 56.7 Å². The van der Waals surface area contributed by atoms with Crippen molar-refractivity contribution in [3.63, 3.8) is 0 Å². The van der Waals surface area contributed by atoms with E-state index in [-0.39, 0.29) is 56.8 Å². The van der Waals surface area contributed by atoms with Crippen LogP contribution in [-0.2, 0) is 21.7 Å². The number of anilines is 6. The van der Waals surface area contributed by atoms with Gasteiger partial charge in [-0.2, -0.15) is 0 Å². The first kappa shape index (κ1) is 80.2. The summed E-state index contributed by atoms with van der Waals surface area (Å²) in [5, 5.41) is 23.5. The molecule has 23 nitrogen and oxygen atoms in total. The Morgan fingerprint density at radius 3 is 0.934 bits per heavy atom. The van der Waals surface area contributed by atoms with Crippen LogP contribution >= 0.6 is 45.3 Å². The van der Waals surface area contributed by atoms with Crippen molar-refractivity contribution < 1.29 is 28.0 Å². The number of thiazole rings is 4. The molecule has 4 amide bonds. The fraction of sp³-hybridized carbons (Fsp3) is 0.140. The normalized spacial score (nSPS) is 14.3. The van der Waals surface area contributed by atoms with Gasteiger partial charge in [0.05, 0.1) is 58.9 Å². The molecule has 16 aromatic rings. The lowest BCUT2D eigenvalue weighted by Gasteiger charge is -2.14. The van der Waals surface area contributed by atoms with Crippen LogP contribution in [0.25, 0.3) is 56.7 Å². The van der Waals surface area contributed by atoms with Crippen LogP contribution in [-0.4, -0.2) is 90.5 Å². The molecule has 0 bridgehead atoms. The first-order chi connectivity index (χ1) is 59.4. The Hall–Kier alpha value is -14.3. The zero-order chi connectivity index (χ0) is 84.0. The number of rotatable bonds is 20. The van der Waals surface area contributed by atoms with E-state index in [1.807, 2.05) is 125 Å². The van der Waals surface area contributed by atoms with E-state index in [1.54, 1.807) is 175 Å². The zero-order valence-electron chi connectivity index (χ0n) is 65.3. The van der Waals surface area contributed by atoms with Crippen molar-refractivity contribution in [2.24, 2.45) is 0 Å². The molecular weight excluding hydrogens is 1610 g/mol. The largest absolute Gasteiger partial charge is 0.397 e. The van der Waals surface area contributed by atoms with Crippen LogP contribution in [0.5, 0.6) is 0 Å². The maximum atomic E-state index is 13.4. The minimum Gasteiger partial charge on any atom is -0.397 e. The number of amides is 4. The van der Waals surface area contributed by atoms with Crippen LogP contribution in [0.4, 0.5) is 42.9 Å². The summed E-state index contributed by atoms with van der Waals surface area (Å²) in [6.45, 7) is 0. The van der Waals surface area contributed by atoms with E-state index in [4.69, 9.17) is 37.1 Å². The Labute approximate surface area is 715 Å². The number of nitrogen functional groups attached to an aromatic ring is 3. The van der Waals surface area contributed by atoms with E-state index in [2.05, 4.69) is 61.1 Å². The highest BCUT2D eigenvalue weighted by Crippen LogP contribution is 2.58. The van der Waals surface area contributed by atoms with Gasteiger partial charge in [-0.05, 0) is 188 Å². The topological polar surface area (TPSA) is 349 Å². The lowest BCUT2D eigenvalue weighted by atomic mass is 9.95. The summed E-state index contributed by atoms with van der Waals surface area (Å²) in [7, 11) is 1.64. The Morgan fingerprint density at radius 2 is 0.615 bits per heavy atom. The maximum absolute atomic E-state index is 13.4. The van der Waals surface area contributed by atoms with Gasteiger partial charge in [-0.15, -0.1) is 45.3 Å². The molecule has 4 saturated carbocycles. The van der Waals surface area contributed by atoms with Gasteiger partial charge < -0.3 is 38.5 Å². The Bertz CT molecular complexity index is 6450. The first-order valence-electron chi connectivity index (χ1n) is 39.0. The molecule has 0 unspecified atom stereocenters. The Morgan fingerprint density at radius 1 is 0.320 bits per heavy atom. The molecule has 4 aliphatic carbocycles. The highest BCUT2D eigenvalue weighted by atomic mass is 32.1. The molecule has 122 heavy (non-hydrogen) atoms. The molecule has 0 atom stereocenters. The van der Waals surface area contributed by atoms with E-state index in [9.17, 15) is 28.0 Å². The molecule has 20 rings (SSSR count). The second-order valence-electron chi connectivity index (χ2n) is 29.7. The number of carbonyl (C=O) groups excluding carboxylic acids is 4. The summed E-state index contributed by atoms with van der Waals surface area (Å²) in [6.07, 6.45) is 28.5. The minimum atomic E-state index is -0.458. The molecule has 0 saturated heterocycles. The van der Waals surface area contributed by atoms with Crippen LogP contribution in [0.3, 0.4) is 0 Å². The van der Waals surface area contributed by atoms with Gasteiger partial charge in [-0.25, -0.2) is 28.7 Å². The molecule has 0 radical (unpaired) electrons. The van der Waals surface area contributed by atoms with Crippen molar-refractivity contribution in [1.29, 1.82) is 0 Å². The third-order valence-corrected chi connectivity index (χ3v) is 26.1. The van der Waals surface area contributed by atoms with E-state index in [0.717, 1.165) is 139 Å². The Balaban J connectivity index is 0.000000117. The number of benzene rings is 8. The van der Waals surface area contributed by atoms with Crippen LogP contribution in [0.2, 0.25) is 0 Å². The number of carbonyl (C=O) groups is 4. The van der Waals surface area contributed by atoms with Crippen LogP contribution in [0.1, 0.15) is 135 Å². The predicted molar refractivity (Wildman–Crippen MR) is 474 cm³/mol. The highest BCUT2D eigenvalue weighted by molar-refractivity contribution is 7.11. The molecule has 10 N–H and O–H groups in total. The summed E-state index contributed by atoms with van der Waals surface area (Å²) in [4.78, 5) is 103. The van der Waals surface area contributed by atoms with E-state index >= 15 is 0 Å². The predicted octanol–water partition coefficient (Wildman–Crippen LogP) is 18.5. The number of para-hydroxylation sites is 2. The fourth-order valence-electron chi connectivity index (χ4n) is 14.4. The lowest BCUT2D eigenvalue weighted by Crippen LogP contribution is -2.18. The summed E-state index contributed by atoms with van der Waals surface area (Å²) in [5.74, 6) is -1.59. The zero-order valence-corrected chi connectivity index (χ0v) is 68.6. The van der Waals surface area contributed by atoms with Gasteiger partial charge in [-0.3, -0.25) is 59.0 Å². The van der Waals surface area contributed by atoms with Crippen molar-refractivity contribution in [3.05, 3.63) is 354 Å². The molecule has 4 aliphatic rings. The van der Waals surface area contributed by atoms with Gasteiger partial charge in [0.2, 0.25) is 0 Å². The average molecular weight is 1690 g/mol. The molecular formula is C93H75F2N19O4S4. The lowest BCUT2D eigenvalue weighted by molar-refractivity contribution is 0.0960. The summed E-state index contributed by atoms with van der Waals surface area (Å²) in [6, 6.07) is 53.5. The van der Waals surface area contributed by atoms with Crippen molar-refractivity contribution in [2.45, 2.75) is 73.0 Å². The number of hydrogen-bond acceptors (Lipinski definition) is 23. The molecule has 8 aromatic heterocycles. The fourth-order valence-corrected chi connectivity index (χ4v) is 18.8. The number of aromatic nitrogens is 12. The molecule has 4 fully saturated rings. The molecule has 8 heterocycles. The third-order valence-electron chi connectivity index (χ3n) is 21.9. The van der Waals surface area contributed by atoms with Gasteiger partial charge in [0.1, 0.15) is 77.2 Å². The summed E-state index contributed by atoms with van der Waals surface area (Å²) in [5.41, 5.74) is 35.3. The van der Waals surface area contributed by atoms with Crippen molar-refractivity contribution in [2.75, 3.05) is 40.2 Å². The average Bonchev–Trinajstić information content (AvgIpc) is 1.60. The number of nitrogens with one attached hydrogen (secondary N) is 4. The van der Waals surface area contributed by atoms with Gasteiger partial charge in [0, 0.05) is 122 Å². The van der Waals surface area contributed by atoms with Gasteiger partial charge in [0.25, 0.3) is 23.6 Å². The molecule has 0 spiro atoms. The van der Waals surface area contributed by atoms with E-state index in [1.165, 1.54) is 41.5 Å². The molecule has 0 aliphatic heterocycles. The van der Waals surface area contributed by atoms with E-state index < -0.39 is 5.82 Å². The summed E-state index contributed by atoms with van der Waals surface area (Å²) < 4.78 is 26.7. The van der Waals surface area contributed by atoms with Gasteiger partial charge >= 0.3 is 0 Å². The highest BCUT2D eigenvalue weighted by Gasteiger charge is 2.51. The molecule has 29 heteroatoms. The van der Waals surface area contributed by atoms with E-state index in [0.29, 0.717) is 50.7 Å². The summed E-state index contributed by atoms with van der Waals surface area (Å²) >= 11 is 6.56. The SMILES string of the molecule is CNC(=O)c1ccc(C2(c3nc(-c4cnccn4)cs3)CC2)cc1.Nc1ccc(-c2ccc(F)cc2)cc1NC(=O)c1ccc(C2(c3nc(-c4cnccn4)cs3)CC2)cc1.Nc1ccc(F)cc1NC(=O)c1ccc(C2(c3nc(-c4cnccn4)cs3)CC2)cc1.Nc1ccccc1NC(=O)c1ccc(C2(c3nc(-c4cnccn4)cs3)CC2)cc1. The number of hydrogen-bond donors (Lipinski definition) is 7. The van der Waals surface area contributed by atoms with Crippen molar-refractivity contribution >= 4 is 103 Å². The minimum absolute atomic E-state index is 0.00759. The molecule has 8 aromatic carbocycles. The van der Waals surface area contributed by atoms with Gasteiger partial charge in [-0.1, -0.05) is 78.9 Å². The smallest absolute Gasteiger partial charge is 0.255 e. The second-order valence-corrected chi connectivity index (χ2v) is 33.2. The standard InChI is InChI=1S/C29H22FN5OS.C23H18FN5OS.C23H19N5OS.C18H16N4OS/c30-22-8-3-18(4-9-22)20-5-10-23(31)24(15-20)34-27(36)19-1-6-21(7-2-19)29(11-12-29)28-35-26(17-37-28)25-16-32-13-14-33-25;24-16-5-6-17(25)18(11-16)28-21(30)14-1-3-15(4-2-14)23(7-8-23)22-29-20(13-31-22)19-12-26-9-10-27-19;24-17-3-1-2-4-18(17)27-21(29)15-5-7-16(8-6-15)23(9-10-23)22-28-20(14-30-22)19-13-25-11-12-26-19;1-19-16(23)12-2-4-13(5-3-12)18(6-7-18)17-22-15(11-24-17)14-10-20-8-9-21-14/h1-10,13-17H,11-12,31H2,(H,34,36);1-6,9-13H,7-8,25H2,(H,28,30);1-8,11-14H,9-10,24H2,(H,27,29);2-5,8-11H,6-7H2,1H3,(H,19,23). The maximum Gasteiger partial charge on any atom is 0.255 e. The number of nitrogens with two attached hydrogens (primary N) is 3. The monoisotopic (exact) mass is 1690 g/mol.